The standard InChI is InChI=1S/C18H14N4O4/c1-11-15(12-6-3-2-4-7-12)16(18(24)21-20-11)17(23)19-13-8-5-9-14(10-13)22(25)26/h2-10H,1H3,(H,19,23)(H,21,24). The first kappa shape index (κ1) is 17.0. The highest BCUT2D eigenvalue weighted by Crippen LogP contribution is 2.25. The molecule has 130 valence electrons. The fraction of sp³-hybridized carbons (Fsp3) is 0.0556. The molecule has 3 rings (SSSR count). The number of nitrogens with one attached hydrogen (secondary N) is 2. The average molecular weight is 350 g/mol. The molecular weight excluding hydrogens is 336 g/mol. The molecule has 0 saturated carbocycles. The summed E-state index contributed by atoms with van der Waals surface area (Å²) in [6.07, 6.45) is 0. The van der Waals surface area contributed by atoms with Crippen LogP contribution in [0.25, 0.3) is 11.1 Å². The number of non-ortho nitro benzene ring substituents is 1. The van der Waals surface area contributed by atoms with E-state index in [0.29, 0.717) is 16.8 Å². The smallest absolute Gasteiger partial charge is 0.277 e. The average Bonchev–Trinajstić information content (AvgIpc) is 2.64. The minimum absolute atomic E-state index is 0.102. The lowest BCUT2D eigenvalue weighted by Gasteiger charge is -2.11. The van der Waals surface area contributed by atoms with E-state index < -0.39 is 16.4 Å². The van der Waals surface area contributed by atoms with Crippen LogP contribution in [0.2, 0.25) is 0 Å². The Kier molecular flexibility index (Phi) is 4.57. The van der Waals surface area contributed by atoms with Crippen LogP contribution in [0, 0.1) is 17.0 Å². The summed E-state index contributed by atoms with van der Waals surface area (Å²) in [5, 5.41) is 19.7. The van der Waals surface area contributed by atoms with Crippen LogP contribution in [-0.4, -0.2) is 21.0 Å². The lowest BCUT2D eigenvalue weighted by atomic mass is 9.99. The monoisotopic (exact) mass is 350 g/mol. The third-order valence-electron chi connectivity index (χ3n) is 3.77. The van der Waals surface area contributed by atoms with E-state index in [0.717, 1.165) is 0 Å². The molecule has 1 aromatic heterocycles. The number of rotatable bonds is 4. The van der Waals surface area contributed by atoms with Gasteiger partial charge in [-0.3, -0.25) is 19.7 Å². The van der Waals surface area contributed by atoms with Gasteiger partial charge in [0.1, 0.15) is 5.56 Å². The number of nitrogens with zero attached hydrogens (tertiary/aromatic N) is 2. The van der Waals surface area contributed by atoms with Gasteiger partial charge in [0, 0.05) is 23.4 Å². The van der Waals surface area contributed by atoms with Crippen molar-refractivity contribution < 1.29 is 9.72 Å². The largest absolute Gasteiger partial charge is 0.322 e. The van der Waals surface area contributed by atoms with Crippen molar-refractivity contribution in [2.75, 3.05) is 5.32 Å². The molecule has 0 radical (unpaired) electrons. The topological polar surface area (TPSA) is 118 Å². The maximum absolute atomic E-state index is 12.7. The molecule has 2 aromatic carbocycles. The Balaban J connectivity index is 2.05. The maximum Gasteiger partial charge on any atom is 0.277 e. The van der Waals surface area contributed by atoms with E-state index in [4.69, 9.17) is 0 Å². The van der Waals surface area contributed by atoms with Gasteiger partial charge in [0.05, 0.1) is 10.6 Å². The molecule has 0 spiro atoms. The van der Waals surface area contributed by atoms with Crippen LogP contribution < -0.4 is 10.9 Å². The van der Waals surface area contributed by atoms with E-state index in [1.807, 2.05) is 6.07 Å². The van der Waals surface area contributed by atoms with Gasteiger partial charge in [0.15, 0.2) is 0 Å². The van der Waals surface area contributed by atoms with Crippen LogP contribution in [0.1, 0.15) is 16.1 Å². The Labute approximate surface area is 147 Å². The number of nitro benzene ring substituents is 1. The summed E-state index contributed by atoms with van der Waals surface area (Å²) in [5.74, 6) is -0.670. The summed E-state index contributed by atoms with van der Waals surface area (Å²) in [7, 11) is 0. The van der Waals surface area contributed by atoms with Crippen molar-refractivity contribution in [3.8, 4) is 11.1 Å². The van der Waals surface area contributed by atoms with Crippen molar-refractivity contribution in [3.63, 3.8) is 0 Å². The van der Waals surface area contributed by atoms with Gasteiger partial charge in [-0.1, -0.05) is 36.4 Å². The molecule has 26 heavy (non-hydrogen) atoms. The summed E-state index contributed by atoms with van der Waals surface area (Å²) in [4.78, 5) is 35.3. The van der Waals surface area contributed by atoms with Crippen molar-refractivity contribution in [2.45, 2.75) is 6.92 Å². The highest BCUT2D eigenvalue weighted by atomic mass is 16.6. The Morgan fingerprint density at radius 3 is 2.58 bits per heavy atom. The van der Waals surface area contributed by atoms with Gasteiger partial charge in [-0.25, -0.2) is 5.10 Å². The highest BCUT2D eigenvalue weighted by Gasteiger charge is 2.21. The van der Waals surface area contributed by atoms with E-state index in [2.05, 4.69) is 15.5 Å². The Morgan fingerprint density at radius 2 is 1.88 bits per heavy atom. The predicted octanol–water partition coefficient (Wildman–Crippen LogP) is 2.91. The third-order valence-corrected chi connectivity index (χ3v) is 3.77. The lowest BCUT2D eigenvalue weighted by Crippen LogP contribution is -2.26. The Bertz CT molecular complexity index is 1040. The molecule has 0 atom stereocenters. The van der Waals surface area contributed by atoms with Crippen LogP contribution in [0.15, 0.2) is 59.4 Å². The first-order valence-electron chi connectivity index (χ1n) is 7.68. The number of hydrogen-bond donors (Lipinski definition) is 2. The zero-order chi connectivity index (χ0) is 18.7. The SMILES string of the molecule is Cc1n[nH]c(=O)c(C(=O)Nc2cccc([N+](=O)[O-])c2)c1-c1ccccc1. The van der Waals surface area contributed by atoms with Gasteiger partial charge in [-0.05, 0) is 18.6 Å². The van der Waals surface area contributed by atoms with Crippen LogP contribution in [0.4, 0.5) is 11.4 Å². The molecular formula is C18H14N4O4. The summed E-state index contributed by atoms with van der Waals surface area (Å²) < 4.78 is 0. The number of carbonyl (C=O) groups is 1. The molecule has 0 aliphatic heterocycles. The van der Waals surface area contributed by atoms with Crippen LogP contribution in [0.5, 0.6) is 0 Å². The van der Waals surface area contributed by atoms with Crippen molar-refractivity contribution in [3.05, 3.63) is 86.3 Å². The number of carbonyl (C=O) groups excluding carboxylic acids is 1. The van der Waals surface area contributed by atoms with E-state index in [1.54, 1.807) is 31.2 Å². The van der Waals surface area contributed by atoms with E-state index in [1.165, 1.54) is 24.3 Å². The van der Waals surface area contributed by atoms with Crippen LogP contribution >= 0.6 is 0 Å². The van der Waals surface area contributed by atoms with Gasteiger partial charge in [-0.2, -0.15) is 5.10 Å². The fourth-order valence-corrected chi connectivity index (χ4v) is 2.61. The lowest BCUT2D eigenvalue weighted by molar-refractivity contribution is -0.384. The predicted molar refractivity (Wildman–Crippen MR) is 96.1 cm³/mol. The van der Waals surface area contributed by atoms with Gasteiger partial charge < -0.3 is 5.32 Å². The number of aryl methyl sites for hydroxylation is 1. The number of nitro groups is 1. The maximum atomic E-state index is 12.7. The number of hydrogen-bond acceptors (Lipinski definition) is 5. The molecule has 0 saturated heterocycles. The van der Waals surface area contributed by atoms with Gasteiger partial charge >= 0.3 is 0 Å². The van der Waals surface area contributed by atoms with Crippen molar-refractivity contribution >= 4 is 17.3 Å². The summed E-state index contributed by atoms with van der Waals surface area (Å²) in [5.41, 5.74) is 0.889. The molecule has 0 unspecified atom stereocenters. The molecule has 2 N–H and O–H groups in total. The minimum atomic E-state index is -0.670. The number of anilines is 1. The van der Waals surface area contributed by atoms with Crippen molar-refractivity contribution in [2.24, 2.45) is 0 Å². The molecule has 8 heteroatoms. The van der Waals surface area contributed by atoms with Gasteiger partial charge in [0.25, 0.3) is 17.2 Å². The highest BCUT2D eigenvalue weighted by molar-refractivity contribution is 6.08. The Morgan fingerprint density at radius 1 is 1.15 bits per heavy atom. The third kappa shape index (κ3) is 3.34. The number of H-pyrrole nitrogens is 1. The molecule has 8 nitrogen and oxygen atoms in total. The molecule has 1 heterocycles. The number of aromatic amines is 1. The van der Waals surface area contributed by atoms with Crippen LogP contribution in [-0.2, 0) is 0 Å². The van der Waals surface area contributed by atoms with Gasteiger partial charge in [0.2, 0.25) is 0 Å². The second-order valence-corrected chi connectivity index (χ2v) is 5.52. The van der Waals surface area contributed by atoms with E-state index in [9.17, 15) is 19.7 Å². The molecule has 0 aliphatic rings. The second-order valence-electron chi connectivity index (χ2n) is 5.52. The first-order chi connectivity index (χ1) is 12.5. The number of benzene rings is 2. The Hall–Kier alpha value is -3.81. The van der Waals surface area contributed by atoms with Crippen molar-refractivity contribution in [1.82, 2.24) is 10.2 Å². The molecule has 3 aromatic rings. The normalized spacial score (nSPS) is 10.3. The van der Waals surface area contributed by atoms with E-state index >= 15 is 0 Å². The van der Waals surface area contributed by atoms with Crippen molar-refractivity contribution in [1.29, 1.82) is 0 Å². The number of amides is 1. The van der Waals surface area contributed by atoms with E-state index in [-0.39, 0.29) is 16.9 Å². The zero-order valence-electron chi connectivity index (χ0n) is 13.7. The van der Waals surface area contributed by atoms with Crippen LogP contribution in [0.3, 0.4) is 0 Å². The molecule has 0 aliphatic carbocycles. The summed E-state index contributed by atoms with van der Waals surface area (Å²) in [6.45, 7) is 1.68. The zero-order valence-corrected chi connectivity index (χ0v) is 13.7. The second kappa shape index (κ2) is 6.98. The van der Waals surface area contributed by atoms with Gasteiger partial charge in [-0.15, -0.1) is 0 Å². The quantitative estimate of drug-likeness (QED) is 0.554. The molecule has 0 fully saturated rings. The molecule has 1 amide bonds. The fourth-order valence-electron chi connectivity index (χ4n) is 2.61. The summed E-state index contributed by atoms with van der Waals surface area (Å²) >= 11 is 0. The minimum Gasteiger partial charge on any atom is -0.322 e. The number of aromatic nitrogens is 2. The first-order valence-corrected chi connectivity index (χ1v) is 7.68. The summed E-state index contributed by atoms with van der Waals surface area (Å²) in [6, 6.07) is 14.4. The molecule has 0 bridgehead atoms.